The fraction of sp³-hybridized carbons (Fsp3) is 0.667. The average molecular weight is 462 g/mol. The highest BCUT2D eigenvalue weighted by molar-refractivity contribution is 8.02. The molecule has 0 bridgehead atoms. The smallest absolute Gasteiger partial charge is 0.252 e. The van der Waals surface area contributed by atoms with Gasteiger partial charge in [-0.3, -0.25) is 9.59 Å². The van der Waals surface area contributed by atoms with E-state index >= 15 is 0 Å². The number of hydrogen-bond donors (Lipinski definition) is 1. The molecule has 0 spiro atoms. The predicted molar refractivity (Wildman–Crippen MR) is 114 cm³/mol. The summed E-state index contributed by atoms with van der Waals surface area (Å²) in [6.45, 7) is 5.88. The lowest BCUT2D eigenvalue weighted by molar-refractivity contribution is -0.123. The van der Waals surface area contributed by atoms with Gasteiger partial charge in [-0.2, -0.15) is 4.31 Å². The molecule has 0 atom stereocenters. The van der Waals surface area contributed by atoms with Gasteiger partial charge >= 0.3 is 0 Å². The minimum Gasteiger partial charge on any atom is -0.379 e. The molecular formula is C18H27N3O5S3. The minimum absolute atomic E-state index is 0.114. The molecule has 0 saturated carbocycles. The van der Waals surface area contributed by atoms with Gasteiger partial charge in [0.1, 0.15) is 10.8 Å². The van der Waals surface area contributed by atoms with Gasteiger partial charge < -0.3 is 15.0 Å². The number of thiophene rings is 1. The Labute approximate surface area is 180 Å². The molecule has 0 aliphatic carbocycles. The number of hydrogen-bond acceptors (Lipinski definition) is 7. The average Bonchev–Trinajstić information content (AvgIpc) is 3.33. The third-order valence-electron chi connectivity index (χ3n) is 4.63. The van der Waals surface area contributed by atoms with Crippen molar-refractivity contribution in [3.05, 3.63) is 6.07 Å². The number of sulfonamides is 1. The van der Waals surface area contributed by atoms with Crippen LogP contribution in [0.4, 0.5) is 5.69 Å². The number of rotatable bonds is 9. The van der Waals surface area contributed by atoms with Crippen molar-refractivity contribution in [2.45, 2.75) is 47.6 Å². The molecule has 11 heteroatoms. The first-order valence-electron chi connectivity index (χ1n) is 9.74. The third kappa shape index (κ3) is 5.52. The molecule has 8 nitrogen and oxygen atoms in total. The van der Waals surface area contributed by atoms with Crippen molar-refractivity contribution in [3.8, 4) is 0 Å². The van der Waals surface area contributed by atoms with Crippen LogP contribution in [-0.2, 0) is 24.3 Å². The Morgan fingerprint density at radius 2 is 2.03 bits per heavy atom. The van der Waals surface area contributed by atoms with Gasteiger partial charge in [-0.25, -0.2) is 8.42 Å². The molecule has 2 amide bonds. The second kappa shape index (κ2) is 9.78. The summed E-state index contributed by atoms with van der Waals surface area (Å²) in [6.07, 6.45) is 2.57. The second-order valence-electron chi connectivity index (χ2n) is 7.24. The van der Waals surface area contributed by atoms with E-state index in [1.54, 1.807) is 6.07 Å². The molecule has 0 unspecified atom stereocenters. The summed E-state index contributed by atoms with van der Waals surface area (Å²) < 4.78 is 33.6. The molecule has 1 aromatic rings. The van der Waals surface area contributed by atoms with Crippen molar-refractivity contribution in [2.24, 2.45) is 0 Å². The highest BCUT2D eigenvalue weighted by Crippen LogP contribution is 2.44. The van der Waals surface area contributed by atoms with Crippen LogP contribution >= 0.6 is 23.1 Å². The summed E-state index contributed by atoms with van der Waals surface area (Å²) in [6, 6.07) is 1.54. The molecule has 0 radical (unpaired) electrons. The highest BCUT2D eigenvalue weighted by Gasteiger charge is 2.34. The molecule has 29 heavy (non-hydrogen) atoms. The normalized spacial score (nSPS) is 17.8. The third-order valence-corrected chi connectivity index (χ3v) is 9.36. The van der Waals surface area contributed by atoms with E-state index in [1.165, 1.54) is 32.3 Å². The van der Waals surface area contributed by atoms with Gasteiger partial charge in [0, 0.05) is 26.2 Å². The fourth-order valence-corrected chi connectivity index (χ4v) is 7.59. The number of fused-ring (bicyclic) bond motifs is 1. The van der Waals surface area contributed by atoms with Gasteiger partial charge in [0.05, 0.1) is 21.8 Å². The Kier molecular flexibility index (Phi) is 7.60. The Balaban J connectivity index is 1.65. The molecule has 1 saturated heterocycles. The van der Waals surface area contributed by atoms with Crippen LogP contribution in [0.2, 0.25) is 0 Å². The maximum atomic E-state index is 12.8. The van der Waals surface area contributed by atoms with Crippen molar-refractivity contribution >= 4 is 50.6 Å². The number of nitrogens with one attached hydrogen (secondary N) is 1. The minimum atomic E-state index is -3.54. The van der Waals surface area contributed by atoms with E-state index in [9.17, 15) is 18.0 Å². The zero-order chi connectivity index (χ0) is 21.0. The van der Waals surface area contributed by atoms with Crippen molar-refractivity contribution in [3.63, 3.8) is 0 Å². The molecule has 1 N–H and O–H groups in total. The molecule has 3 rings (SSSR count). The largest absolute Gasteiger partial charge is 0.379 e. The van der Waals surface area contributed by atoms with Crippen LogP contribution in [-0.4, -0.2) is 69.2 Å². The van der Waals surface area contributed by atoms with Crippen LogP contribution in [0, 0.1) is 0 Å². The van der Waals surface area contributed by atoms with E-state index in [0.717, 1.165) is 17.1 Å². The summed E-state index contributed by atoms with van der Waals surface area (Å²) in [4.78, 5) is 26.1. The van der Waals surface area contributed by atoms with Crippen LogP contribution in [0.25, 0.3) is 0 Å². The SMILES string of the molecule is CC(C)OCCCNC(=O)CN1C(=O)CSc2sc(S(=O)(=O)N3CCCC3)cc21. The Hall–Kier alpha value is -1.14. The molecule has 2 aliphatic rings. The van der Waals surface area contributed by atoms with E-state index < -0.39 is 10.0 Å². The van der Waals surface area contributed by atoms with Crippen LogP contribution in [0.15, 0.2) is 14.5 Å². The summed E-state index contributed by atoms with van der Waals surface area (Å²) >= 11 is 2.51. The molecular weight excluding hydrogens is 434 g/mol. The zero-order valence-electron chi connectivity index (χ0n) is 16.7. The Bertz CT molecular complexity index is 847. The van der Waals surface area contributed by atoms with E-state index in [4.69, 9.17) is 4.74 Å². The van der Waals surface area contributed by atoms with E-state index in [0.29, 0.717) is 38.3 Å². The number of anilines is 1. The predicted octanol–water partition coefficient (Wildman–Crippen LogP) is 1.90. The number of ether oxygens (including phenoxy) is 1. The number of carbonyl (C=O) groups is 2. The lowest BCUT2D eigenvalue weighted by Crippen LogP contribution is -2.43. The topological polar surface area (TPSA) is 96.0 Å². The fourth-order valence-electron chi connectivity index (χ4n) is 3.15. The van der Waals surface area contributed by atoms with Crippen LogP contribution in [0.5, 0.6) is 0 Å². The van der Waals surface area contributed by atoms with E-state index in [2.05, 4.69) is 5.32 Å². The zero-order valence-corrected chi connectivity index (χ0v) is 19.1. The lowest BCUT2D eigenvalue weighted by atomic mass is 10.3. The molecule has 3 heterocycles. The van der Waals surface area contributed by atoms with E-state index in [1.807, 2.05) is 13.8 Å². The number of carbonyl (C=O) groups excluding carboxylic acids is 2. The number of thioether (sulfide) groups is 1. The maximum Gasteiger partial charge on any atom is 0.252 e. The first-order chi connectivity index (χ1) is 13.8. The monoisotopic (exact) mass is 461 g/mol. The highest BCUT2D eigenvalue weighted by atomic mass is 32.3. The second-order valence-corrected chi connectivity index (χ2v) is 11.7. The van der Waals surface area contributed by atoms with Gasteiger partial charge in [-0.05, 0) is 39.2 Å². The number of nitrogens with zero attached hydrogens (tertiary/aromatic N) is 2. The quantitative estimate of drug-likeness (QED) is 0.565. The van der Waals surface area contributed by atoms with Crippen molar-refractivity contribution in [1.82, 2.24) is 9.62 Å². The van der Waals surface area contributed by atoms with Crippen molar-refractivity contribution in [1.29, 1.82) is 0 Å². The van der Waals surface area contributed by atoms with E-state index in [-0.39, 0.29) is 34.4 Å². The van der Waals surface area contributed by atoms with Crippen LogP contribution in [0.3, 0.4) is 0 Å². The summed E-state index contributed by atoms with van der Waals surface area (Å²) in [5.41, 5.74) is 0.521. The van der Waals surface area contributed by atoms with Gasteiger partial charge in [0.25, 0.3) is 10.0 Å². The van der Waals surface area contributed by atoms with Gasteiger partial charge in [-0.15, -0.1) is 23.1 Å². The van der Waals surface area contributed by atoms with Crippen LogP contribution < -0.4 is 10.2 Å². The summed E-state index contributed by atoms with van der Waals surface area (Å²) in [5.74, 6) is -0.258. The van der Waals surface area contributed by atoms with Gasteiger partial charge in [0.15, 0.2) is 0 Å². The lowest BCUT2D eigenvalue weighted by Gasteiger charge is -2.25. The van der Waals surface area contributed by atoms with Gasteiger partial charge in [0.2, 0.25) is 11.8 Å². The van der Waals surface area contributed by atoms with Crippen molar-refractivity contribution in [2.75, 3.05) is 43.4 Å². The first-order valence-corrected chi connectivity index (χ1v) is 13.0. The molecule has 1 aromatic heterocycles. The number of amides is 2. The molecule has 0 aromatic carbocycles. The van der Waals surface area contributed by atoms with Crippen molar-refractivity contribution < 1.29 is 22.7 Å². The summed E-state index contributed by atoms with van der Waals surface area (Å²) in [5, 5.41) is 2.79. The Morgan fingerprint density at radius 3 is 2.72 bits per heavy atom. The standard InChI is InChI=1S/C18H27N3O5S3/c1-13(2)26-9-5-6-19-15(22)11-21-14-10-17(28-18(14)27-12-16(21)23)29(24,25)20-7-3-4-8-20/h10,13H,3-9,11-12H2,1-2H3,(H,19,22). The van der Waals surface area contributed by atoms with Crippen LogP contribution in [0.1, 0.15) is 33.1 Å². The summed E-state index contributed by atoms with van der Waals surface area (Å²) in [7, 11) is -3.54. The first kappa shape index (κ1) is 22.5. The molecule has 162 valence electrons. The maximum absolute atomic E-state index is 12.8. The Morgan fingerprint density at radius 1 is 1.31 bits per heavy atom. The molecule has 1 fully saturated rings. The van der Waals surface area contributed by atoms with Gasteiger partial charge in [-0.1, -0.05) is 0 Å². The molecule has 2 aliphatic heterocycles.